The van der Waals surface area contributed by atoms with E-state index >= 15 is 0 Å². The number of hydrogen-bond donors (Lipinski definition) is 1. The molecule has 0 amide bonds. The second-order valence-electron chi connectivity index (χ2n) is 5.56. The highest BCUT2D eigenvalue weighted by atomic mass is 35.5. The largest absolute Gasteiger partial charge is 0.466 e. The van der Waals surface area contributed by atoms with Crippen LogP contribution < -0.4 is 5.32 Å². The number of halogens is 2. The maximum atomic E-state index is 14.7. The summed E-state index contributed by atoms with van der Waals surface area (Å²) in [5.74, 6) is -0.654. The van der Waals surface area contributed by atoms with E-state index in [0.717, 1.165) is 11.1 Å². The molecule has 0 radical (unpaired) electrons. The highest BCUT2D eigenvalue weighted by molar-refractivity contribution is 6.20. The third-order valence-corrected chi connectivity index (χ3v) is 3.74. The van der Waals surface area contributed by atoms with Crippen LogP contribution in [0.1, 0.15) is 25.0 Å². The van der Waals surface area contributed by atoms with Crippen molar-refractivity contribution in [2.45, 2.75) is 32.3 Å². The van der Waals surface area contributed by atoms with Gasteiger partial charge < -0.3 is 4.74 Å². The second-order valence-corrected chi connectivity index (χ2v) is 6.22. The number of nitrogens with one attached hydrogen (secondary N) is 1. The zero-order chi connectivity index (χ0) is 17.5. The van der Waals surface area contributed by atoms with E-state index in [0.29, 0.717) is 24.1 Å². The zero-order valence-corrected chi connectivity index (χ0v) is 14.6. The van der Waals surface area contributed by atoms with Crippen LogP contribution in [0.25, 0.3) is 11.1 Å². The van der Waals surface area contributed by atoms with Gasteiger partial charge in [-0.2, -0.15) is 0 Å². The fraction of sp³-hybridized carbons (Fsp3) is 0.316. The normalized spacial score (nSPS) is 12.0. The van der Waals surface area contributed by atoms with Gasteiger partial charge in [0.1, 0.15) is 5.82 Å². The molecular weight excluding hydrogens is 329 g/mol. The van der Waals surface area contributed by atoms with E-state index in [2.05, 4.69) is 5.32 Å². The van der Waals surface area contributed by atoms with E-state index < -0.39 is 0 Å². The molecule has 1 atom stereocenters. The first kappa shape index (κ1) is 18.4. The van der Waals surface area contributed by atoms with E-state index in [-0.39, 0.29) is 23.9 Å². The molecule has 1 N–H and O–H groups in total. The molecule has 0 fully saturated rings. The van der Waals surface area contributed by atoms with Crippen molar-refractivity contribution in [2.24, 2.45) is 0 Å². The van der Waals surface area contributed by atoms with E-state index in [1.165, 1.54) is 6.92 Å². The molecule has 0 saturated carbocycles. The molecule has 0 bridgehead atoms. The molecular formula is C19H21ClFNO2. The summed E-state index contributed by atoms with van der Waals surface area (Å²) in [6.07, 6.45) is 0.329. The lowest BCUT2D eigenvalue weighted by Gasteiger charge is -2.14. The predicted molar refractivity (Wildman–Crippen MR) is 94.3 cm³/mol. The Morgan fingerprint density at radius 2 is 1.88 bits per heavy atom. The molecule has 0 aliphatic carbocycles. The molecule has 0 aromatic heterocycles. The van der Waals surface area contributed by atoms with Crippen molar-refractivity contribution in [3.8, 4) is 11.1 Å². The van der Waals surface area contributed by atoms with Gasteiger partial charge in [-0.3, -0.25) is 10.1 Å². The van der Waals surface area contributed by atoms with Crippen LogP contribution in [0.3, 0.4) is 0 Å². The minimum absolute atomic E-state index is 0.156. The van der Waals surface area contributed by atoms with Crippen LogP contribution in [0.2, 0.25) is 0 Å². The smallest absolute Gasteiger partial charge is 0.302 e. The molecule has 0 aliphatic rings. The number of hydrogen-bond acceptors (Lipinski definition) is 3. The van der Waals surface area contributed by atoms with Gasteiger partial charge in [0.05, 0.1) is 12.1 Å². The maximum Gasteiger partial charge on any atom is 0.302 e. The lowest BCUT2D eigenvalue weighted by molar-refractivity contribution is -0.140. The third-order valence-electron chi connectivity index (χ3n) is 3.58. The summed E-state index contributed by atoms with van der Waals surface area (Å²) in [6.45, 7) is 3.62. The first-order valence-electron chi connectivity index (χ1n) is 7.85. The molecule has 2 rings (SSSR count). The fourth-order valence-corrected chi connectivity index (χ4v) is 2.49. The monoisotopic (exact) mass is 349 g/mol. The predicted octanol–water partition coefficient (Wildman–Crippen LogP) is 4.27. The molecule has 1 unspecified atom stereocenters. The van der Waals surface area contributed by atoms with Crippen molar-refractivity contribution >= 4 is 17.6 Å². The molecule has 2 aromatic rings. The standard InChI is InChI=1S/C19H21ClFNO2/c1-13(20)22-12-18-11-17(15-6-4-3-5-7-15)10-16(19(18)21)8-9-24-14(2)23/h3-7,10-11,13,22H,8-9,12H2,1-2H3. The number of carbonyl (C=O) groups excluding carboxylic acids is 1. The Morgan fingerprint density at radius 1 is 1.21 bits per heavy atom. The van der Waals surface area contributed by atoms with Gasteiger partial charge in [0.25, 0.3) is 0 Å². The number of benzene rings is 2. The van der Waals surface area contributed by atoms with Gasteiger partial charge in [-0.05, 0) is 35.7 Å². The van der Waals surface area contributed by atoms with Crippen molar-refractivity contribution in [3.05, 3.63) is 59.4 Å². The van der Waals surface area contributed by atoms with Crippen LogP contribution in [0.15, 0.2) is 42.5 Å². The molecule has 2 aromatic carbocycles. The Hall–Kier alpha value is -1.91. The number of ether oxygens (including phenoxy) is 1. The Balaban J connectivity index is 2.33. The zero-order valence-electron chi connectivity index (χ0n) is 13.8. The molecule has 3 nitrogen and oxygen atoms in total. The molecule has 0 aliphatic heterocycles. The summed E-state index contributed by atoms with van der Waals surface area (Å²) in [4.78, 5) is 10.9. The van der Waals surface area contributed by atoms with Gasteiger partial charge in [-0.15, -0.1) is 11.6 Å². The molecule has 128 valence electrons. The quantitative estimate of drug-likeness (QED) is 0.461. The number of rotatable bonds is 7. The lowest BCUT2D eigenvalue weighted by atomic mass is 9.97. The number of alkyl halides is 1. The van der Waals surface area contributed by atoms with Crippen molar-refractivity contribution in [2.75, 3.05) is 6.61 Å². The van der Waals surface area contributed by atoms with Gasteiger partial charge in [0, 0.05) is 25.5 Å². The van der Waals surface area contributed by atoms with E-state index in [1.807, 2.05) is 42.5 Å². The van der Waals surface area contributed by atoms with Crippen LogP contribution in [0.4, 0.5) is 4.39 Å². The van der Waals surface area contributed by atoms with Gasteiger partial charge >= 0.3 is 5.97 Å². The highest BCUT2D eigenvalue weighted by Gasteiger charge is 2.13. The SMILES string of the molecule is CC(=O)OCCc1cc(-c2ccccc2)cc(CNC(C)Cl)c1F. The third kappa shape index (κ3) is 5.32. The average Bonchev–Trinajstić information content (AvgIpc) is 2.55. The van der Waals surface area contributed by atoms with Gasteiger partial charge in [-0.25, -0.2) is 4.39 Å². The van der Waals surface area contributed by atoms with Crippen LogP contribution in [0, 0.1) is 5.82 Å². The Bertz CT molecular complexity index is 689. The maximum absolute atomic E-state index is 14.7. The first-order chi connectivity index (χ1) is 11.5. The van der Waals surface area contributed by atoms with Gasteiger partial charge in [0.15, 0.2) is 0 Å². The molecule has 0 saturated heterocycles. The number of carbonyl (C=O) groups is 1. The first-order valence-corrected chi connectivity index (χ1v) is 8.28. The fourth-order valence-electron chi connectivity index (χ4n) is 2.41. The minimum atomic E-state index is -0.368. The summed E-state index contributed by atoms with van der Waals surface area (Å²) >= 11 is 5.90. The van der Waals surface area contributed by atoms with E-state index in [4.69, 9.17) is 16.3 Å². The summed E-state index contributed by atoms with van der Waals surface area (Å²) < 4.78 is 19.7. The second kappa shape index (κ2) is 8.81. The van der Waals surface area contributed by atoms with Crippen molar-refractivity contribution in [3.63, 3.8) is 0 Å². The van der Waals surface area contributed by atoms with Gasteiger partial charge in [-0.1, -0.05) is 30.3 Å². The Labute approximate surface area is 146 Å². The molecule has 0 heterocycles. The Kier molecular flexibility index (Phi) is 6.76. The Morgan fingerprint density at radius 3 is 2.50 bits per heavy atom. The summed E-state index contributed by atoms with van der Waals surface area (Å²) in [5.41, 5.74) is 2.74. The van der Waals surface area contributed by atoms with Crippen molar-refractivity contribution < 1.29 is 13.9 Å². The highest BCUT2D eigenvalue weighted by Crippen LogP contribution is 2.25. The van der Waals surface area contributed by atoms with Crippen LogP contribution in [-0.2, 0) is 22.5 Å². The number of esters is 1. The van der Waals surface area contributed by atoms with Crippen molar-refractivity contribution in [1.82, 2.24) is 5.32 Å². The lowest BCUT2D eigenvalue weighted by Crippen LogP contribution is -2.21. The van der Waals surface area contributed by atoms with E-state index in [1.54, 1.807) is 6.92 Å². The average molecular weight is 350 g/mol. The molecule has 0 spiro atoms. The minimum Gasteiger partial charge on any atom is -0.466 e. The van der Waals surface area contributed by atoms with Crippen LogP contribution in [-0.4, -0.2) is 18.1 Å². The van der Waals surface area contributed by atoms with E-state index in [9.17, 15) is 9.18 Å². The van der Waals surface area contributed by atoms with Gasteiger partial charge in [0.2, 0.25) is 0 Å². The molecule has 24 heavy (non-hydrogen) atoms. The van der Waals surface area contributed by atoms with Crippen molar-refractivity contribution in [1.29, 1.82) is 0 Å². The van der Waals surface area contributed by atoms with Crippen LogP contribution in [0.5, 0.6) is 0 Å². The summed E-state index contributed by atoms with van der Waals surface area (Å²) in [6, 6.07) is 13.4. The summed E-state index contributed by atoms with van der Waals surface area (Å²) in [5, 5.41) is 3.02. The topological polar surface area (TPSA) is 38.3 Å². The van der Waals surface area contributed by atoms with Crippen LogP contribution >= 0.6 is 11.6 Å². The molecule has 5 heteroatoms. The summed E-state index contributed by atoms with van der Waals surface area (Å²) in [7, 11) is 0.